The summed E-state index contributed by atoms with van der Waals surface area (Å²) in [6.45, 7) is 7.84. The van der Waals surface area contributed by atoms with Gasteiger partial charge in [0, 0.05) is 12.6 Å². The number of halogens is 1. The molecule has 0 bridgehead atoms. The Kier molecular flexibility index (Phi) is 6.91. The second-order valence-corrected chi connectivity index (χ2v) is 4.74. The second kappa shape index (κ2) is 8.22. The first-order valence-corrected chi connectivity index (χ1v) is 6.74. The van der Waals surface area contributed by atoms with E-state index < -0.39 is 0 Å². The minimum atomic E-state index is -0.170. The fraction of sp³-hybridized carbons (Fsp3) is 0.600. The molecule has 1 aromatic rings. The van der Waals surface area contributed by atoms with Gasteiger partial charge in [-0.1, -0.05) is 19.1 Å². The minimum absolute atomic E-state index is 0.170. The summed E-state index contributed by atoms with van der Waals surface area (Å²) >= 11 is 0. The van der Waals surface area contributed by atoms with Crippen LogP contribution < -0.4 is 5.32 Å². The van der Waals surface area contributed by atoms with Crippen LogP contribution in [0.4, 0.5) is 4.39 Å². The fourth-order valence-corrected chi connectivity index (χ4v) is 1.89. The van der Waals surface area contributed by atoms with Crippen LogP contribution >= 0.6 is 0 Å². The molecule has 0 spiro atoms. The highest BCUT2D eigenvalue weighted by Gasteiger charge is 2.08. The molecule has 1 rings (SSSR count). The van der Waals surface area contributed by atoms with Crippen molar-refractivity contribution in [1.29, 1.82) is 0 Å². The van der Waals surface area contributed by atoms with E-state index in [4.69, 9.17) is 4.74 Å². The highest BCUT2D eigenvalue weighted by atomic mass is 19.1. The Balaban J connectivity index is 2.34. The molecule has 0 amide bonds. The molecular formula is C15H24FNO. The molecule has 0 aromatic heterocycles. The average Bonchev–Trinajstić information content (AvgIpc) is 2.33. The Labute approximate surface area is 110 Å². The van der Waals surface area contributed by atoms with Crippen molar-refractivity contribution in [3.63, 3.8) is 0 Å². The predicted molar refractivity (Wildman–Crippen MR) is 73.1 cm³/mol. The van der Waals surface area contributed by atoms with Crippen molar-refractivity contribution in [2.75, 3.05) is 13.2 Å². The normalized spacial score (nSPS) is 12.9. The number of hydrogen-bond acceptors (Lipinski definition) is 2. The maximum absolute atomic E-state index is 13.1. The van der Waals surface area contributed by atoms with E-state index in [1.165, 1.54) is 6.07 Å². The summed E-state index contributed by atoms with van der Waals surface area (Å²) in [7, 11) is 0. The molecule has 0 saturated heterocycles. The van der Waals surface area contributed by atoms with Gasteiger partial charge in [-0.25, -0.2) is 4.39 Å². The van der Waals surface area contributed by atoms with Crippen molar-refractivity contribution in [3.05, 3.63) is 35.6 Å². The molecule has 0 radical (unpaired) electrons. The Morgan fingerprint density at radius 3 is 2.72 bits per heavy atom. The average molecular weight is 253 g/mol. The van der Waals surface area contributed by atoms with E-state index in [-0.39, 0.29) is 18.0 Å². The van der Waals surface area contributed by atoms with Gasteiger partial charge in [0.25, 0.3) is 0 Å². The van der Waals surface area contributed by atoms with Crippen molar-refractivity contribution in [2.45, 2.75) is 45.8 Å². The summed E-state index contributed by atoms with van der Waals surface area (Å²) in [5.41, 5.74) is 1.02. The highest BCUT2D eigenvalue weighted by molar-refractivity contribution is 5.19. The molecule has 1 unspecified atom stereocenters. The summed E-state index contributed by atoms with van der Waals surface area (Å²) in [4.78, 5) is 0. The van der Waals surface area contributed by atoms with Crippen LogP contribution in [0.25, 0.3) is 0 Å². The van der Waals surface area contributed by atoms with Crippen molar-refractivity contribution in [3.8, 4) is 0 Å². The Hall–Kier alpha value is -0.930. The standard InChI is InChI=1S/C15H24FNO/c1-4-15(13-7-5-8-14(16)11-13)17-9-6-10-18-12(2)3/h5,7-8,11-12,15,17H,4,6,9-10H2,1-3H3. The van der Waals surface area contributed by atoms with E-state index in [0.717, 1.165) is 31.6 Å². The Morgan fingerprint density at radius 1 is 1.33 bits per heavy atom. The van der Waals surface area contributed by atoms with Gasteiger partial charge < -0.3 is 10.1 Å². The summed E-state index contributed by atoms with van der Waals surface area (Å²) < 4.78 is 18.6. The van der Waals surface area contributed by atoms with Crippen molar-refractivity contribution < 1.29 is 9.13 Å². The number of nitrogens with one attached hydrogen (secondary N) is 1. The molecule has 0 aliphatic carbocycles. The van der Waals surface area contributed by atoms with E-state index in [1.54, 1.807) is 12.1 Å². The minimum Gasteiger partial charge on any atom is -0.379 e. The van der Waals surface area contributed by atoms with Crippen molar-refractivity contribution >= 4 is 0 Å². The van der Waals surface area contributed by atoms with E-state index in [0.29, 0.717) is 0 Å². The molecule has 1 aromatic carbocycles. The van der Waals surface area contributed by atoms with Crippen LogP contribution in [0.5, 0.6) is 0 Å². The molecule has 0 heterocycles. The van der Waals surface area contributed by atoms with E-state index in [9.17, 15) is 4.39 Å². The largest absolute Gasteiger partial charge is 0.379 e. The monoisotopic (exact) mass is 253 g/mol. The molecule has 0 aliphatic rings. The number of hydrogen-bond donors (Lipinski definition) is 1. The molecule has 1 atom stereocenters. The van der Waals surface area contributed by atoms with Gasteiger partial charge in [-0.3, -0.25) is 0 Å². The lowest BCUT2D eigenvalue weighted by Gasteiger charge is -2.17. The van der Waals surface area contributed by atoms with Crippen LogP contribution in [0.1, 0.15) is 45.2 Å². The lowest BCUT2D eigenvalue weighted by Crippen LogP contribution is -2.23. The topological polar surface area (TPSA) is 21.3 Å². The lowest BCUT2D eigenvalue weighted by atomic mass is 10.0. The van der Waals surface area contributed by atoms with E-state index >= 15 is 0 Å². The van der Waals surface area contributed by atoms with Crippen LogP contribution in [0.3, 0.4) is 0 Å². The lowest BCUT2D eigenvalue weighted by molar-refractivity contribution is 0.0766. The third kappa shape index (κ3) is 5.61. The predicted octanol–water partition coefficient (Wildman–Crippen LogP) is 3.68. The van der Waals surface area contributed by atoms with Gasteiger partial charge in [0.05, 0.1) is 6.10 Å². The molecule has 0 aliphatic heterocycles. The van der Waals surface area contributed by atoms with Crippen LogP contribution in [0.2, 0.25) is 0 Å². The van der Waals surface area contributed by atoms with Crippen LogP contribution in [0, 0.1) is 5.82 Å². The first-order chi connectivity index (χ1) is 8.63. The van der Waals surface area contributed by atoms with Gasteiger partial charge in [-0.05, 0) is 50.9 Å². The number of ether oxygens (including phenoxy) is 1. The molecule has 1 N–H and O–H groups in total. The van der Waals surface area contributed by atoms with Gasteiger partial charge in [0.1, 0.15) is 5.82 Å². The highest BCUT2D eigenvalue weighted by Crippen LogP contribution is 2.17. The third-order valence-electron chi connectivity index (χ3n) is 2.82. The smallest absolute Gasteiger partial charge is 0.123 e. The number of benzene rings is 1. The van der Waals surface area contributed by atoms with Crippen LogP contribution in [-0.2, 0) is 4.74 Å². The molecular weight excluding hydrogens is 229 g/mol. The van der Waals surface area contributed by atoms with Gasteiger partial charge in [-0.15, -0.1) is 0 Å². The zero-order chi connectivity index (χ0) is 13.4. The zero-order valence-electron chi connectivity index (χ0n) is 11.6. The number of rotatable bonds is 8. The van der Waals surface area contributed by atoms with Gasteiger partial charge in [-0.2, -0.15) is 0 Å². The summed E-state index contributed by atoms with van der Waals surface area (Å²) in [5.74, 6) is -0.170. The molecule has 2 nitrogen and oxygen atoms in total. The van der Waals surface area contributed by atoms with Crippen molar-refractivity contribution in [1.82, 2.24) is 5.32 Å². The first-order valence-electron chi connectivity index (χ1n) is 6.74. The zero-order valence-corrected chi connectivity index (χ0v) is 11.6. The Bertz CT molecular complexity index is 341. The molecule has 3 heteroatoms. The van der Waals surface area contributed by atoms with Crippen LogP contribution in [0.15, 0.2) is 24.3 Å². The quantitative estimate of drug-likeness (QED) is 0.714. The third-order valence-corrected chi connectivity index (χ3v) is 2.82. The molecule has 18 heavy (non-hydrogen) atoms. The van der Waals surface area contributed by atoms with Crippen LogP contribution in [-0.4, -0.2) is 19.3 Å². The van der Waals surface area contributed by atoms with E-state index in [1.807, 2.05) is 19.9 Å². The molecule has 0 saturated carbocycles. The maximum Gasteiger partial charge on any atom is 0.123 e. The first kappa shape index (κ1) is 15.1. The maximum atomic E-state index is 13.1. The molecule has 102 valence electrons. The summed E-state index contributed by atoms with van der Waals surface area (Å²) in [5, 5.41) is 3.44. The van der Waals surface area contributed by atoms with Gasteiger partial charge in [0.2, 0.25) is 0 Å². The summed E-state index contributed by atoms with van der Waals surface area (Å²) in [6.07, 6.45) is 2.22. The van der Waals surface area contributed by atoms with Crippen molar-refractivity contribution in [2.24, 2.45) is 0 Å². The Morgan fingerprint density at radius 2 is 2.11 bits per heavy atom. The fourth-order valence-electron chi connectivity index (χ4n) is 1.89. The van der Waals surface area contributed by atoms with Gasteiger partial charge in [0.15, 0.2) is 0 Å². The van der Waals surface area contributed by atoms with E-state index in [2.05, 4.69) is 12.2 Å². The molecule has 0 fully saturated rings. The summed E-state index contributed by atoms with van der Waals surface area (Å²) in [6, 6.07) is 7.03. The second-order valence-electron chi connectivity index (χ2n) is 4.74. The van der Waals surface area contributed by atoms with Gasteiger partial charge >= 0.3 is 0 Å². The SMILES string of the molecule is CCC(NCCCOC(C)C)c1cccc(F)c1.